The van der Waals surface area contributed by atoms with Gasteiger partial charge in [0, 0.05) is 46.9 Å². The number of benzene rings is 2. The van der Waals surface area contributed by atoms with Crippen LogP contribution < -0.4 is 5.32 Å². The molecule has 1 aliphatic carbocycles. The van der Waals surface area contributed by atoms with Crippen molar-refractivity contribution in [3.05, 3.63) is 86.6 Å². The molecule has 1 aliphatic heterocycles. The summed E-state index contributed by atoms with van der Waals surface area (Å²) in [4.78, 5) is 24.1. The molecular formula is C25H24N4O3. The van der Waals surface area contributed by atoms with Crippen LogP contribution in [0.2, 0.25) is 0 Å². The molecular weight excluding hydrogens is 404 g/mol. The molecule has 2 aromatic carbocycles. The average molecular weight is 428 g/mol. The van der Waals surface area contributed by atoms with Crippen LogP contribution in [0.3, 0.4) is 0 Å². The predicted molar refractivity (Wildman–Crippen MR) is 122 cm³/mol. The lowest BCUT2D eigenvalue weighted by Crippen LogP contribution is -2.33. The molecule has 7 heteroatoms. The van der Waals surface area contributed by atoms with Gasteiger partial charge < -0.3 is 5.32 Å². The van der Waals surface area contributed by atoms with E-state index in [0.717, 1.165) is 45.6 Å². The van der Waals surface area contributed by atoms with E-state index >= 15 is 0 Å². The number of fused-ring (bicyclic) bond motifs is 1. The summed E-state index contributed by atoms with van der Waals surface area (Å²) in [5, 5.41) is 22.1. The second-order valence-electron chi connectivity index (χ2n) is 9.47. The zero-order chi connectivity index (χ0) is 22.6. The third-order valence-corrected chi connectivity index (χ3v) is 6.35. The minimum atomic E-state index is -0.414. The first kappa shape index (κ1) is 20.2. The number of aromatic nitrogens is 2. The van der Waals surface area contributed by atoms with Crippen molar-refractivity contribution in [2.45, 2.75) is 39.5 Å². The normalized spacial score (nSPS) is 19.2. The Kier molecular flexibility index (Phi) is 4.51. The molecule has 3 aromatic rings. The molecule has 0 unspecified atom stereocenters. The van der Waals surface area contributed by atoms with Crippen LogP contribution in [0, 0.1) is 22.5 Å². The van der Waals surface area contributed by atoms with Crippen molar-refractivity contribution in [1.82, 2.24) is 10.2 Å². The molecule has 162 valence electrons. The molecule has 5 rings (SSSR count). The van der Waals surface area contributed by atoms with Gasteiger partial charge in [0.15, 0.2) is 11.6 Å². The number of nitro benzene ring substituents is 1. The van der Waals surface area contributed by atoms with E-state index in [-0.39, 0.29) is 22.8 Å². The van der Waals surface area contributed by atoms with Crippen LogP contribution in [0.15, 0.2) is 59.8 Å². The van der Waals surface area contributed by atoms with Gasteiger partial charge in [-0.15, -0.1) is 0 Å². The summed E-state index contributed by atoms with van der Waals surface area (Å²) in [5.41, 5.74) is 6.28. The highest BCUT2D eigenvalue weighted by atomic mass is 16.6. The fourth-order valence-corrected chi connectivity index (χ4v) is 4.86. The zero-order valence-electron chi connectivity index (χ0n) is 18.2. The van der Waals surface area contributed by atoms with Gasteiger partial charge in [0.25, 0.3) is 5.69 Å². The van der Waals surface area contributed by atoms with Crippen molar-refractivity contribution in [1.29, 1.82) is 0 Å². The number of hydrogen-bond acceptors (Lipinski definition) is 5. The number of nitro groups is 1. The second kappa shape index (κ2) is 7.15. The third kappa shape index (κ3) is 3.30. The summed E-state index contributed by atoms with van der Waals surface area (Å²) >= 11 is 0. The maximum atomic E-state index is 13.4. The van der Waals surface area contributed by atoms with E-state index in [1.165, 1.54) is 12.1 Å². The van der Waals surface area contributed by atoms with E-state index < -0.39 is 4.92 Å². The minimum absolute atomic E-state index is 0.0324. The van der Waals surface area contributed by atoms with E-state index in [1.807, 2.05) is 6.92 Å². The van der Waals surface area contributed by atoms with Crippen LogP contribution in [-0.4, -0.2) is 20.9 Å². The molecule has 0 saturated heterocycles. The molecule has 0 radical (unpaired) electrons. The number of nitrogens with one attached hydrogen (secondary N) is 2. The van der Waals surface area contributed by atoms with Crippen LogP contribution in [0.5, 0.6) is 0 Å². The molecule has 2 aliphatic rings. The Labute approximate surface area is 185 Å². The number of anilines is 1. The molecule has 0 saturated carbocycles. The van der Waals surface area contributed by atoms with Crippen LogP contribution in [0.25, 0.3) is 11.3 Å². The minimum Gasteiger partial charge on any atom is -0.342 e. The molecule has 2 heterocycles. The van der Waals surface area contributed by atoms with Crippen LogP contribution >= 0.6 is 0 Å². The van der Waals surface area contributed by atoms with Gasteiger partial charge in [0.1, 0.15) is 0 Å². The van der Waals surface area contributed by atoms with E-state index in [0.29, 0.717) is 12.2 Å². The predicted octanol–water partition coefficient (Wildman–Crippen LogP) is 5.49. The summed E-state index contributed by atoms with van der Waals surface area (Å²) in [6, 6.07) is 14.7. The van der Waals surface area contributed by atoms with Crippen molar-refractivity contribution in [2.75, 3.05) is 5.32 Å². The summed E-state index contributed by atoms with van der Waals surface area (Å²) in [7, 11) is 0. The van der Waals surface area contributed by atoms with Crippen LogP contribution in [0.1, 0.15) is 49.3 Å². The third-order valence-electron chi connectivity index (χ3n) is 6.35. The summed E-state index contributed by atoms with van der Waals surface area (Å²) < 4.78 is 0. The number of rotatable bonds is 3. The topological polar surface area (TPSA) is 101 Å². The first-order chi connectivity index (χ1) is 15.2. The first-order valence-corrected chi connectivity index (χ1v) is 10.7. The van der Waals surface area contributed by atoms with Crippen molar-refractivity contribution in [3.8, 4) is 11.3 Å². The monoisotopic (exact) mass is 428 g/mol. The Bertz CT molecular complexity index is 1270. The maximum absolute atomic E-state index is 13.4. The smallest absolute Gasteiger partial charge is 0.269 e. The van der Waals surface area contributed by atoms with Crippen molar-refractivity contribution >= 4 is 17.3 Å². The average Bonchev–Trinajstić information content (AvgIpc) is 3.15. The van der Waals surface area contributed by atoms with Crippen molar-refractivity contribution < 1.29 is 9.72 Å². The van der Waals surface area contributed by atoms with Gasteiger partial charge in [0.05, 0.1) is 10.6 Å². The fraction of sp³-hybridized carbons (Fsp3) is 0.280. The number of carbonyl (C=O) groups excluding carboxylic acids is 1. The highest BCUT2D eigenvalue weighted by Gasteiger charge is 2.42. The van der Waals surface area contributed by atoms with Gasteiger partial charge in [-0.05, 0) is 36.5 Å². The Morgan fingerprint density at radius 1 is 1.06 bits per heavy atom. The lowest BCUT2D eigenvalue weighted by Gasteiger charge is -2.38. The maximum Gasteiger partial charge on any atom is 0.269 e. The van der Waals surface area contributed by atoms with Gasteiger partial charge in [0.2, 0.25) is 0 Å². The summed E-state index contributed by atoms with van der Waals surface area (Å²) in [6.45, 7) is 6.26. The van der Waals surface area contributed by atoms with Gasteiger partial charge in [-0.2, -0.15) is 5.10 Å². The number of ketones is 1. The van der Waals surface area contributed by atoms with Crippen molar-refractivity contribution in [2.24, 2.45) is 5.41 Å². The lowest BCUT2D eigenvalue weighted by atomic mass is 9.69. The highest BCUT2D eigenvalue weighted by molar-refractivity contribution is 6.02. The molecule has 0 bridgehead atoms. The lowest BCUT2D eigenvalue weighted by molar-refractivity contribution is -0.384. The number of aryl methyl sites for hydroxylation is 1. The second-order valence-corrected chi connectivity index (χ2v) is 9.47. The largest absolute Gasteiger partial charge is 0.342 e. The van der Waals surface area contributed by atoms with Gasteiger partial charge in [-0.1, -0.05) is 43.7 Å². The van der Waals surface area contributed by atoms with Crippen LogP contribution in [-0.2, 0) is 4.79 Å². The summed E-state index contributed by atoms with van der Waals surface area (Å²) in [5.74, 6) is 0.596. The van der Waals surface area contributed by atoms with Crippen molar-refractivity contribution in [3.63, 3.8) is 0 Å². The van der Waals surface area contributed by atoms with E-state index in [2.05, 4.69) is 53.6 Å². The number of hydrogen-bond donors (Lipinski definition) is 2. The molecule has 0 spiro atoms. The molecule has 32 heavy (non-hydrogen) atoms. The first-order valence-electron chi connectivity index (χ1n) is 10.7. The van der Waals surface area contributed by atoms with E-state index in [9.17, 15) is 14.9 Å². The van der Waals surface area contributed by atoms with Gasteiger partial charge >= 0.3 is 0 Å². The Morgan fingerprint density at radius 3 is 2.41 bits per heavy atom. The number of aromatic amines is 1. The quantitative estimate of drug-likeness (QED) is 0.424. The number of carbonyl (C=O) groups is 1. The number of non-ortho nitro benzene ring substituents is 1. The summed E-state index contributed by atoms with van der Waals surface area (Å²) in [6.07, 6.45) is 1.27. The Morgan fingerprint density at radius 2 is 1.75 bits per heavy atom. The zero-order valence-corrected chi connectivity index (χ0v) is 18.2. The highest BCUT2D eigenvalue weighted by Crippen LogP contribution is 2.50. The Hall–Kier alpha value is -3.74. The molecule has 1 atom stereocenters. The van der Waals surface area contributed by atoms with Crippen LogP contribution in [0.4, 0.5) is 11.5 Å². The van der Waals surface area contributed by atoms with Gasteiger partial charge in [-0.25, -0.2) is 0 Å². The fourth-order valence-electron chi connectivity index (χ4n) is 4.86. The molecule has 2 N–H and O–H groups in total. The number of Topliss-reactive ketones (excluding diaryl/α,β-unsaturated/α-hetero) is 1. The Balaban J connectivity index is 1.70. The SMILES string of the molecule is Cc1ccc([C@H]2C3=C(CC(C)(C)CC3=O)Nc3n[nH]c(-c4ccc([N+](=O)[O-])cc4)c32)cc1. The molecule has 0 amide bonds. The van der Waals surface area contributed by atoms with E-state index in [1.54, 1.807) is 12.1 Å². The number of allylic oxidation sites excluding steroid dienone is 2. The molecule has 0 fully saturated rings. The number of nitrogens with zero attached hydrogens (tertiary/aromatic N) is 2. The number of H-pyrrole nitrogens is 1. The standard InChI is InChI=1S/C25H24N4O3/c1-14-4-6-15(7-5-14)20-21-18(12-25(2,3)13-19(21)30)26-24-22(20)23(27-28-24)16-8-10-17(11-9-16)29(31)32/h4-11,20H,12-13H2,1-3H3,(H2,26,27,28)/t20-/m0/s1. The van der Waals surface area contributed by atoms with Gasteiger partial charge in [-0.3, -0.25) is 20.0 Å². The molecule has 1 aromatic heterocycles. The van der Waals surface area contributed by atoms with E-state index in [4.69, 9.17) is 0 Å². The molecule has 7 nitrogen and oxygen atoms in total.